The van der Waals surface area contributed by atoms with Gasteiger partial charge in [-0.3, -0.25) is 4.79 Å². The van der Waals surface area contributed by atoms with E-state index in [9.17, 15) is 9.59 Å². The third-order valence-electron chi connectivity index (χ3n) is 1.89. The third kappa shape index (κ3) is 2.96. The SMILES string of the molecule is COC(=O)C#Cc1ccc(C=O)c(C)c1. The molecule has 0 heterocycles. The van der Waals surface area contributed by atoms with E-state index in [0.717, 1.165) is 11.8 Å². The van der Waals surface area contributed by atoms with Crippen LogP contribution in [-0.4, -0.2) is 19.4 Å². The fourth-order valence-corrected chi connectivity index (χ4v) is 1.06. The number of rotatable bonds is 1. The number of ether oxygens (including phenoxy) is 1. The lowest BCUT2D eigenvalue weighted by Gasteiger charge is -1.97. The second kappa shape index (κ2) is 4.97. The molecule has 0 amide bonds. The Morgan fingerprint density at radius 2 is 2.20 bits per heavy atom. The Morgan fingerprint density at radius 3 is 2.73 bits per heavy atom. The maximum Gasteiger partial charge on any atom is 0.384 e. The van der Waals surface area contributed by atoms with Crippen molar-refractivity contribution in [2.75, 3.05) is 7.11 Å². The van der Waals surface area contributed by atoms with E-state index in [-0.39, 0.29) is 0 Å². The van der Waals surface area contributed by atoms with E-state index in [0.29, 0.717) is 11.1 Å². The predicted octanol–water partition coefficient (Wildman–Crippen LogP) is 1.33. The normalized spacial score (nSPS) is 8.67. The van der Waals surface area contributed by atoms with E-state index in [1.165, 1.54) is 7.11 Å². The number of aryl methyl sites for hydroxylation is 1. The summed E-state index contributed by atoms with van der Waals surface area (Å²) in [5.41, 5.74) is 2.14. The average molecular weight is 202 g/mol. The van der Waals surface area contributed by atoms with Gasteiger partial charge in [0, 0.05) is 17.0 Å². The summed E-state index contributed by atoms with van der Waals surface area (Å²) in [6.07, 6.45) is 0.785. The molecule has 3 heteroatoms. The molecule has 0 aliphatic heterocycles. The van der Waals surface area contributed by atoms with Crippen LogP contribution in [0.4, 0.5) is 0 Å². The van der Waals surface area contributed by atoms with Crippen molar-refractivity contribution in [3.05, 3.63) is 34.9 Å². The van der Waals surface area contributed by atoms with Gasteiger partial charge in [-0.25, -0.2) is 4.79 Å². The largest absolute Gasteiger partial charge is 0.459 e. The minimum Gasteiger partial charge on any atom is -0.459 e. The molecule has 0 N–H and O–H groups in total. The first-order valence-corrected chi connectivity index (χ1v) is 4.33. The summed E-state index contributed by atoms with van der Waals surface area (Å²) in [5, 5.41) is 0. The molecule has 0 unspecified atom stereocenters. The zero-order valence-electron chi connectivity index (χ0n) is 8.53. The van der Waals surface area contributed by atoms with Gasteiger partial charge in [0.25, 0.3) is 0 Å². The molecule has 0 saturated heterocycles. The fourth-order valence-electron chi connectivity index (χ4n) is 1.06. The molecule has 1 aromatic carbocycles. The van der Waals surface area contributed by atoms with Crippen molar-refractivity contribution >= 4 is 12.3 Å². The molecule has 0 radical (unpaired) electrons. The molecule has 0 aliphatic rings. The number of benzene rings is 1. The first-order valence-electron chi connectivity index (χ1n) is 4.33. The van der Waals surface area contributed by atoms with Gasteiger partial charge in [0.15, 0.2) is 0 Å². The van der Waals surface area contributed by atoms with Crippen LogP contribution in [0.3, 0.4) is 0 Å². The van der Waals surface area contributed by atoms with Crippen LogP contribution in [0.25, 0.3) is 0 Å². The summed E-state index contributed by atoms with van der Waals surface area (Å²) in [6, 6.07) is 5.11. The van der Waals surface area contributed by atoms with Gasteiger partial charge in [0.2, 0.25) is 0 Å². The topological polar surface area (TPSA) is 43.4 Å². The van der Waals surface area contributed by atoms with E-state index in [1.807, 2.05) is 6.92 Å². The summed E-state index contributed by atoms with van der Waals surface area (Å²) >= 11 is 0. The number of hydrogen-bond acceptors (Lipinski definition) is 3. The number of carbonyl (C=O) groups is 2. The van der Waals surface area contributed by atoms with Crippen LogP contribution in [0.1, 0.15) is 21.5 Å². The van der Waals surface area contributed by atoms with Gasteiger partial charge < -0.3 is 4.74 Å². The molecular formula is C12H10O3. The van der Waals surface area contributed by atoms with Gasteiger partial charge in [0.05, 0.1) is 7.11 Å². The van der Waals surface area contributed by atoms with Crippen molar-refractivity contribution in [3.8, 4) is 11.8 Å². The Labute approximate surface area is 88.1 Å². The molecule has 0 fully saturated rings. The van der Waals surface area contributed by atoms with Crippen molar-refractivity contribution < 1.29 is 14.3 Å². The number of methoxy groups -OCH3 is 1. The van der Waals surface area contributed by atoms with Crippen LogP contribution in [0.15, 0.2) is 18.2 Å². The molecule has 76 valence electrons. The van der Waals surface area contributed by atoms with Crippen molar-refractivity contribution in [1.29, 1.82) is 0 Å². The lowest BCUT2D eigenvalue weighted by Crippen LogP contribution is -1.94. The van der Waals surface area contributed by atoms with E-state index in [1.54, 1.807) is 18.2 Å². The van der Waals surface area contributed by atoms with Crippen molar-refractivity contribution in [1.82, 2.24) is 0 Å². The maximum atomic E-state index is 10.7. The molecule has 0 saturated carbocycles. The highest BCUT2D eigenvalue weighted by molar-refractivity contribution is 5.89. The van der Waals surface area contributed by atoms with Crippen LogP contribution in [0.5, 0.6) is 0 Å². The van der Waals surface area contributed by atoms with Crippen LogP contribution in [0, 0.1) is 18.8 Å². The zero-order chi connectivity index (χ0) is 11.3. The Bertz CT molecular complexity index is 450. The quantitative estimate of drug-likeness (QED) is 0.392. The highest BCUT2D eigenvalue weighted by Crippen LogP contribution is 2.07. The monoisotopic (exact) mass is 202 g/mol. The molecule has 0 bridgehead atoms. The lowest BCUT2D eigenvalue weighted by molar-refractivity contribution is -0.133. The highest BCUT2D eigenvalue weighted by atomic mass is 16.5. The van der Waals surface area contributed by atoms with Crippen LogP contribution >= 0.6 is 0 Å². The minimum atomic E-state index is -0.577. The molecule has 3 nitrogen and oxygen atoms in total. The Kier molecular flexibility index (Phi) is 3.64. The Balaban J connectivity index is 2.96. The van der Waals surface area contributed by atoms with Crippen molar-refractivity contribution in [2.45, 2.75) is 6.92 Å². The van der Waals surface area contributed by atoms with Gasteiger partial charge in [-0.05, 0) is 24.6 Å². The fraction of sp³-hybridized carbons (Fsp3) is 0.167. The predicted molar refractivity (Wildman–Crippen MR) is 55.5 cm³/mol. The molecule has 0 atom stereocenters. The summed E-state index contributed by atoms with van der Waals surface area (Å²) in [4.78, 5) is 21.3. The minimum absolute atomic E-state index is 0.577. The molecule has 1 rings (SSSR count). The summed E-state index contributed by atoms with van der Waals surface area (Å²) in [7, 11) is 1.28. The van der Waals surface area contributed by atoms with Gasteiger partial charge in [-0.2, -0.15) is 0 Å². The van der Waals surface area contributed by atoms with Gasteiger partial charge in [-0.1, -0.05) is 12.0 Å². The molecule has 1 aromatic rings. The van der Waals surface area contributed by atoms with Crippen molar-refractivity contribution in [3.63, 3.8) is 0 Å². The summed E-state index contributed by atoms with van der Waals surface area (Å²) in [5.74, 6) is 4.38. The first-order chi connectivity index (χ1) is 7.17. The lowest BCUT2D eigenvalue weighted by atomic mass is 10.1. The smallest absolute Gasteiger partial charge is 0.384 e. The van der Waals surface area contributed by atoms with E-state index in [4.69, 9.17) is 0 Å². The number of carbonyl (C=O) groups excluding carboxylic acids is 2. The van der Waals surface area contributed by atoms with Gasteiger partial charge in [-0.15, -0.1) is 0 Å². The second-order valence-electron chi connectivity index (χ2n) is 2.93. The van der Waals surface area contributed by atoms with Crippen LogP contribution < -0.4 is 0 Å². The van der Waals surface area contributed by atoms with E-state index < -0.39 is 5.97 Å². The molecule has 15 heavy (non-hydrogen) atoms. The summed E-state index contributed by atoms with van der Waals surface area (Å²) in [6.45, 7) is 1.81. The average Bonchev–Trinajstić information content (AvgIpc) is 2.26. The standard InChI is InChI=1S/C12H10O3/c1-9-7-10(3-5-11(9)8-13)4-6-12(14)15-2/h3,5,7-8H,1-2H3. The Morgan fingerprint density at radius 1 is 1.47 bits per heavy atom. The molecule has 0 spiro atoms. The Hall–Kier alpha value is -2.08. The molecule has 0 aliphatic carbocycles. The number of aldehydes is 1. The third-order valence-corrected chi connectivity index (χ3v) is 1.89. The van der Waals surface area contributed by atoms with E-state index >= 15 is 0 Å². The number of esters is 1. The van der Waals surface area contributed by atoms with Crippen molar-refractivity contribution in [2.24, 2.45) is 0 Å². The maximum absolute atomic E-state index is 10.7. The van der Waals surface area contributed by atoms with E-state index in [2.05, 4.69) is 16.6 Å². The zero-order valence-corrected chi connectivity index (χ0v) is 8.53. The first kappa shape index (κ1) is 11.0. The number of hydrogen-bond donors (Lipinski definition) is 0. The molecule has 0 aromatic heterocycles. The van der Waals surface area contributed by atoms with Crippen LogP contribution in [0.2, 0.25) is 0 Å². The van der Waals surface area contributed by atoms with Gasteiger partial charge in [0.1, 0.15) is 6.29 Å². The molecular weight excluding hydrogens is 192 g/mol. The van der Waals surface area contributed by atoms with Gasteiger partial charge >= 0.3 is 5.97 Å². The second-order valence-corrected chi connectivity index (χ2v) is 2.93. The highest BCUT2D eigenvalue weighted by Gasteiger charge is 1.97. The summed E-state index contributed by atoms with van der Waals surface area (Å²) < 4.78 is 4.38. The van der Waals surface area contributed by atoms with Crippen LogP contribution in [-0.2, 0) is 9.53 Å².